The summed E-state index contributed by atoms with van der Waals surface area (Å²) in [5, 5.41) is 22.8. The standard InChI is InChI=1S/C13H11FN2O3/c14-11-7-10(16(18)19)5-6-12(11)15-8-9-3-1-2-4-13(9)17/h1-7,15,17H,8H2. The van der Waals surface area contributed by atoms with Gasteiger partial charge in [-0.15, -0.1) is 0 Å². The molecule has 0 unspecified atom stereocenters. The highest BCUT2D eigenvalue weighted by Gasteiger charge is 2.10. The summed E-state index contributed by atoms with van der Waals surface area (Å²) < 4.78 is 13.6. The van der Waals surface area contributed by atoms with Crippen molar-refractivity contribution in [3.05, 3.63) is 64.0 Å². The minimum atomic E-state index is -0.704. The highest BCUT2D eigenvalue weighted by Crippen LogP contribution is 2.22. The monoisotopic (exact) mass is 262 g/mol. The average molecular weight is 262 g/mol. The van der Waals surface area contributed by atoms with Gasteiger partial charge in [-0.1, -0.05) is 18.2 Å². The number of benzene rings is 2. The molecule has 0 bridgehead atoms. The number of non-ortho nitro benzene ring substituents is 1. The second-order valence-electron chi connectivity index (χ2n) is 3.90. The maximum atomic E-state index is 13.6. The lowest BCUT2D eigenvalue weighted by Crippen LogP contribution is -2.02. The number of para-hydroxylation sites is 1. The van der Waals surface area contributed by atoms with Crippen LogP contribution in [0.5, 0.6) is 5.75 Å². The number of anilines is 1. The van der Waals surface area contributed by atoms with Crippen molar-refractivity contribution in [3.8, 4) is 5.75 Å². The number of hydrogen-bond donors (Lipinski definition) is 2. The van der Waals surface area contributed by atoms with E-state index in [1.165, 1.54) is 18.2 Å². The molecule has 0 heterocycles. The molecule has 19 heavy (non-hydrogen) atoms. The Morgan fingerprint density at radius 2 is 2.00 bits per heavy atom. The summed E-state index contributed by atoms with van der Waals surface area (Å²) in [7, 11) is 0. The van der Waals surface area contributed by atoms with Gasteiger partial charge in [0.15, 0.2) is 5.82 Å². The molecule has 0 amide bonds. The first kappa shape index (κ1) is 12.8. The fourth-order valence-corrected chi connectivity index (χ4v) is 1.61. The molecule has 0 saturated carbocycles. The molecule has 2 aromatic rings. The van der Waals surface area contributed by atoms with E-state index in [9.17, 15) is 19.6 Å². The van der Waals surface area contributed by atoms with Gasteiger partial charge in [-0.3, -0.25) is 10.1 Å². The summed E-state index contributed by atoms with van der Waals surface area (Å²) in [5.41, 5.74) is 0.458. The molecule has 2 aromatic carbocycles. The first-order valence-electron chi connectivity index (χ1n) is 5.52. The van der Waals surface area contributed by atoms with Gasteiger partial charge >= 0.3 is 0 Å². The van der Waals surface area contributed by atoms with E-state index in [1.807, 2.05) is 0 Å². The van der Waals surface area contributed by atoms with Crippen molar-refractivity contribution in [1.82, 2.24) is 0 Å². The number of halogens is 1. The van der Waals surface area contributed by atoms with Crippen LogP contribution in [0.3, 0.4) is 0 Å². The molecular weight excluding hydrogens is 251 g/mol. The van der Waals surface area contributed by atoms with Crippen LogP contribution in [0.1, 0.15) is 5.56 Å². The molecule has 0 saturated heterocycles. The Hall–Kier alpha value is -2.63. The van der Waals surface area contributed by atoms with E-state index < -0.39 is 10.7 Å². The predicted molar refractivity (Wildman–Crippen MR) is 68.5 cm³/mol. The van der Waals surface area contributed by atoms with E-state index in [0.717, 1.165) is 6.07 Å². The Morgan fingerprint density at radius 1 is 1.26 bits per heavy atom. The van der Waals surface area contributed by atoms with E-state index >= 15 is 0 Å². The number of nitrogens with one attached hydrogen (secondary N) is 1. The van der Waals surface area contributed by atoms with Crippen molar-refractivity contribution in [2.75, 3.05) is 5.32 Å². The summed E-state index contributed by atoms with van der Waals surface area (Å²) in [5.74, 6) is -0.595. The lowest BCUT2D eigenvalue weighted by Gasteiger charge is -2.08. The van der Waals surface area contributed by atoms with Gasteiger partial charge in [0.1, 0.15) is 5.75 Å². The van der Waals surface area contributed by atoms with Crippen LogP contribution in [-0.2, 0) is 6.54 Å². The Balaban J connectivity index is 2.12. The van der Waals surface area contributed by atoms with Crippen molar-refractivity contribution in [1.29, 1.82) is 0 Å². The number of phenolic OH excluding ortho intramolecular Hbond substituents is 1. The quantitative estimate of drug-likeness (QED) is 0.656. The van der Waals surface area contributed by atoms with Crippen molar-refractivity contribution < 1.29 is 14.4 Å². The van der Waals surface area contributed by atoms with Crippen molar-refractivity contribution in [2.45, 2.75) is 6.54 Å². The molecule has 2 N–H and O–H groups in total. The lowest BCUT2D eigenvalue weighted by molar-refractivity contribution is -0.385. The summed E-state index contributed by atoms with van der Waals surface area (Å²) in [4.78, 5) is 9.82. The molecule has 98 valence electrons. The third-order valence-corrected chi connectivity index (χ3v) is 2.62. The molecule has 0 spiro atoms. The molecule has 0 fully saturated rings. The van der Waals surface area contributed by atoms with E-state index in [2.05, 4.69) is 5.32 Å². The van der Waals surface area contributed by atoms with Gasteiger partial charge in [-0.25, -0.2) is 4.39 Å². The third kappa shape index (κ3) is 2.98. The molecule has 0 atom stereocenters. The average Bonchev–Trinajstić information content (AvgIpc) is 2.39. The van der Waals surface area contributed by atoms with Gasteiger partial charge in [0.2, 0.25) is 0 Å². The highest BCUT2D eigenvalue weighted by molar-refractivity contribution is 5.51. The van der Waals surface area contributed by atoms with E-state index in [-0.39, 0.29) is 23.7 Å². The van der Waals surface area contributed by atoms with Crippen LogP contribution < -0.4 is 5.32 Å². The minimum Gasteiger partial charge on any atom is -0.508 e. The SMILES string of the molecule is O=[N+]([O-])c1ccc(NCc2ccccc2O)c(F)c1. The molecule has 5 nitrogen and oxygen atoms in total. The van der Waals surface area contributed by atoms with Gasteiger partial charge in [0.05, 0.1) is 16.7 Å². The van der Waals surface area contributed by atoms with Crippen molar-refractivity contribution >= 4 is 11.4 Å². The van der Waals surface area contributed by atoms with Gasteiger partial charge < -0.3 is 10.4 Å². The Bertz CT molecular complexity index is 617. The summed E-state index contributed by atoms with van der Waals surface area (Å²) in [6, 6.07) is 10.0. The normalized spacial score (nSPS) is 10.2. The number of aromatic hydroxyl groups is 1. The Labute approximate surface area is 108 Å². The molecule has 2 rings (SSSR count). The topological polar surface area (TPSA) is 75.4 Å². The van der Waals surface area contributed by atoms with Crippen molar-refractivity contribution in [2.24, 2.45) is 0 Å². The third-order valence-electron chi connectivity index (χ3n) is 2.62. The number of rotatable bonds is 4. The van der Waals surface area contributed by atoms with Crippen LogP contribution >= 0.6 is 0 Å². The molecule has 6 heteroatoms. The van der Waals surface area contributed by atoms with E-state index in [0.29, 0.717) is 5.56 Å². The first-order chi connectivity index (χ1) is 9.08. The second-order valence-corrected chi connectivity index (χ2v) is 3.90. The van der Waals surface area contributed by atoms with Crippen LogP contribution in [0.4, 0.5) is 15.8 Å². The van der Waals surface area contributed by atoms with Gasteiger partial charge in [-0.2, -0.15) is 0 Å². The zero-order valence-corrected chi connectivity index (χ0v) is 9.84. The highest BCUT2D eigenvalue weighted by atomic mass is 19.1. The predicted octanol–water partition coefficient (Wildman–Crippen LogP) is 3.05. The van der Waals surface area contributed by atoms with Gasteiger partial charge in [0.25, 0.3) is 5.69 Å². The molecule has 0 aliphatic heterocycles. The molecule has 0 aliphatic rings. The maximum absolute atomic E-state index is 13.6. The minimum absolute atomic E-state index is 0.109. The molecule has 0 radical (unpaired) electrons. The largest absolute Gasteiger partial charge is 0.508 e. The number of phenols is 1. The number of nitrogens with zero attached hydrogens (tertiary/aromatic N) is 1. The zero-order chi connectivity index (χ0) is 13.8. The van der Waals surface area contributed by atoms with E-state index in [4.69, 9.17) is 0 Å². The van der Waals surface area contributed by atoms with Crippen LogP contribution in [0.15, 0.2) is 42.5 Å². The fraction of sp³-hybridized carbons (Fsp3) is 0.0769. The molecule has 0 aliphatic carbocycles. The summed E-state index contributed by atoms with van der Waals surface area (Å²) in [6.07, 6.45) is 0. The number of nitro benzene ring substituents is 1. The summed E-state index contributed by atoms with van der Waals surface area (Å²) in [6.45, 7) is 0.224. The van der Waals surface area contributed by atoms with Crippen LogP contribution in [-0.4, -0.2) is 10.0 Å². The smallest absolute Gasteiger partial charge is 0.272 e. The second kappa shape index (κ2) is 5.34. The summed E-state index contributed by atoms with van der Waals surface area (Å²) >= 11 is 0. The van der Waals surface area contributed by atoms with Crippen LogP contribution in [0.25, 0.3) is 0 Å². The first-order valence-corrected chi connectivity index (χ1v) is 5.52. The molecular formula is C13H11FN2O3. The zero-order valence-electron chi connectivity index (χ0n) is 9.84. The number of hydrogen-bond acceptors (Lipinski definition) is 4. The van der Waals surface area contributed by atoms with Crippen LogP contribution in [0.2, 0.25) is 0 Å². The van der Waals surface area contributed by atoms with Gasteiger partial charge in [0, 0.05) is 18.2 Å². The van der Waals surface area contributed by atoms with Crippen molar-refractivity contribution in [3.63, 3.8) is 0 Å². The Morgan fingerprint density at radius 3 is 2.63 bits per heavy atom. The number of nitro groups is 1. The maximum Gasteiger partial charge on any atom is 0.272 e. The Kier molecular flexibility index (Phi) is 3.61. The fourth-order valence-electron chi connectivity index (χ4n) is 1.61. The van der Waals surface area contributed by atoms with Gasteiger partial charge in [-0.05, 0) is 12.1 Å². The lowest BCUT2D eigenvalue weighted by atomic mass is 10.2. The van der Waals surface area contributed by atoms with Crippen LogP contribution in [0, 0.1) is 15.9 Å². The van der Waals surface area contributed by atoms with E-state index in [1.54, 1.807) is 18.2 Å². The molecule has 0 aromatic heterocycles.